The fourth-order valence-corrected chi connectivity index (χ4v) is 5.77. The predicted octanol–water partition coefficient (Wildman–Crippen LogP) is 4.84. The van der Waals surface area contributed by atoms with Crippen molar-refractivity contribution in [2.75, 3.05) is 13.2 Å². The molecule has 2 unspecified atom stereocenters. The number of nitrogens with two attached hydrogens (primary N) is 1. The molecule has 0 spiro atoms. The van der Waals surface area contributed by atoms with Gasteiger partial charge < -0.3 is 10.5 Å². The molecule has 226 valence electrons. The summed E-state index contributed by atoms with van der Waals surface area (Å²) in [5, 5.41) is 1.33. The summed E-state index contributed by atoms with van der Waals surface area (Å²) >= 11 is 0. The summed E-state index contributed by atoms with van der Waals surface area (Å²) in [6.07, 6.45) is 13.0. The van der Waals surface area contributed by atoms with Crippen LogP contribution < -0.4 is 16.6 Å². The molecule has 0 aromatic heterocycles. The van der Waals surface area contributed by atoms with Crippen LogP contribution in [-0.4, -0.2) is 48.2 Å². The topological polar surface area (TPSA) is 123 Å². The van der Waals surface area contributed by atoms with E-state index in [0.717, 1.165) is 38.0 Å². The maximum Gasteiger partial charge on any atom is 0.257 e. The molecule has 1 saturated heterocycles. The summed E-state index contributed by atoms with van der Waals surface area (Å²) in [4.78, 5) is 45.7. The molecule has 1 heterocycles. The number of ether oxygens (including phenoxy) is 1. The van der Waals surface area contributed by atoms with Crippen LogP contribution in [0.3, 0.4) is 0 Å². The van der Waals surface area contributed by atoms with E-state index in [0.29, 0.717) is 26.0 Å². The first-order valence-corrected chi connectivity index (χ1v) is 15.5. The molecule has 2 rings (SSSR count). The highest BCUT2D eigenvalue weighted by Crippen LogP contribution is 2.30. The van der Waals surface area contributed by atoms with E-state index in [-0.39, 0.29) is 29.6 Å². The van der Waals surface area contributed by atoms with E-state index in [9.17, 15) is 14.4 Å². The molecule has 0 radical (unpaired) electrons. The Morgan fingerprint density at radius 1 is 0.897 bits per heavy atom. The van der Waals surface area contributed by atoms with E-state index in [2.05, 4.69) is 10.9 Å². The Balaban J connectivity index is 2.15. The molecule has 2 aliphatic rings. The lowest BCUT2D eigenvalue weighted by Gasteiger charge is -2.32. The first-order valence-electron chi connectivity index (χ1n) is 15.5. The number of hydrogen-bond acceptors (Lipinski definition) is 6. The van der Waals surface area contributed by atoms with Crippen molar-refractivity contribution in [1.29, 1.82) is 0 Å². The Morgan fingerprint density at radius 2 is 1.59 bits per heavy atom. The molecule has 4 N–H and O–H groups in total. The van der Waals surface area contributed by atoms with Gasteiger partial charge in [0.15, 0.2) is 6.29 Å². The fourth-order valence-electron chi connectivity index (χ4n) is 5.77. The van der Waals surface area contributed by atoms with E-state index < -0.39 is 24.2 Å². The lowest BCUT2D eigenvalue weighted by Crippen LogP contribution is -2.55. The van der Waals surface area contributed by atoms with Crippen LogP contribution in [0.4, 0.5) is 0 Å². The van der Waals surface area contributed by atoms with Gasteiger partial charge in [0.25, 0.3) is 5.91 Å². The van der Waals surface area contributed by atoms with E-state index in [4.69, 9.17) is 15.3 Å². The normalized spacial score (nSPS) is 20.9. The van der Waals surface area contributed by atoms with Gasteiger partial charge in [0.1, 0.15) is 0 Å². The van der Waals surface area contributed by atoms with Crippen molar-refractivity contribution in [3.05, 3.63) is 0 Å². The van der Waals surface area contributed by atoms with Crippen LogP contribution in [0, 0.1) is 29.6 Å². The summed E-state index contributed by atoms with van der Waals surface area (Å²) in [5.41, 5.74) is 11.3. The first-order chi connectivity index (χ1) is 18.6. The molecule has 1 saturated carbocycles. The van der Waals surface area contributed by atoms with Crippen molar-refractivity contribution in [2.24, 2.45) is 35.3 Å². The van der Waals surface area contributed by atoms with Gasteiger partial charge in [-0.15, -0.1) is 0 Å². The Hall–Kier alpha value is -1.71. The van der Waals surface area contributed by atoms with Crippen LogP contribution in [0.1, 0.15) is 118 Å². The van der Waals surface area contributed by atoms with Gasteiger partial charge >= 0.3 is 0 Å². The maximum absolute atomic E-state index is 13.7. The zero-order chi connectivity index (χ0) is 28.8. The molecule has 9 heteroatoms. The molecule has 4 atom stereocenters. The van der Waals surface area contributed by atoms with Crippen molar-refractivity contribution in [1.82, 2.24) is 15.9 Å². The number of nitrogens with zero attached hydrogens (tertiary/aromatic N) is 1. The van der Waals surface area contributed by atoms with Crippen molar-refractivity contribution in [3.8, 4) is 0 Å². The number of hydrazine groups is 1. The van der Waals surface area contributed by atoms with Crippen LogP contribution in [0.2, 0.25) is 0 Å². The molecular formula is C30H56N4O5. The minimum Gasteiger partial charge on any atom is -0.350 e. The predicted molar refractivity (Wildman–Crippen MR) is 153 cm³/mol. The monoisotopic (exact) mass is 552 g/mol. The highest BCUT2D eigenvalue weighted by atomic mass is 16.8. The van der Waals surface area contributed by atoms with Gasteiger partial charge in [0, 0.05) is 19.6 Å². The number of amides is 3. The quantitative estimate of drug-likeness (QED) is 0.197. The molecular weight excluding hydrogens is 496 g/mol. The van der Waals surface area contributed by atoms with Crippen LogP contribution in [0.15, 0.2) is 0 Å². The summed E-state index contributed by atoms with van der Waals surface area (Å²) in [6, 6.07) is -0.740. The third-order valence-corrected chi connectivity index (χ3v) is 7.86. The van der Waals surface area contributed by atoms with Crippen LogP contribution in [0.25, 0.3) is 0 Å². The third-order valence-electron chi connectivity index (χ3n) is 7.86. The Morgan fingerprint density at radius 3 is 2.18 bits per heavy atom. The highest BCUT2D eigenvalue weighted by Gasteiger charge is 2.36. The van der Waals surface area contributed by atoms with E-state index in [1.54, 1.807) is 6.92 Å². The third kappa shape index (κ3) is 12.6. The number of rotatable bonds is 15. The van der Waals surface area contributed by atoms with Crippen LogP contribution >= 0.6 is 0 Å². The van der Waals surface area contributed by atoms with Crippen molar-refractivity contribution < 1.29 is 24.0 Å². The first kappa shape index (κ1) is 33.5. The van der Waals surface area contributed by atoms with Crippen LogP contribution in [-0.2, 0) is 24.0 Å². The molecule has 39 heavy (non-hydrogen) atoms. The van der Waals surface area contributed by atoms with Crippen LogP contribution in [0.5, 0.6) is 0 Å². The molecule has 1 aliphatic carbocycles. The van der Waals surface area contributed by atoms with Gasteiger partial charge in [-0.05, 0) is 50.4 Å². The minimum absolute atomic E-state index is 0.138. The number of unbranched alkanes of at least 4 members (excludes halogenated alkanes) is 1. The van der Waals surface area contributed by atoms with E-state index in [1.165, 1.54) is 43.5 Å². The van der Waals surface area contributed by atoms with Gasteiger partial charge in [0.05, 0.1) is 17.9 Å². The second kappa shape index (κ2) is 17.9. The number of nitrogens with one attached hydrogen (secondary N) is 2. The zero-order valence-electron chi connectivity index (χ0n) is 25.2. The lowest BCUT2D eigenvalue weighted by molar-refractivity contribution is -0.203. The molecule has 3 amide bonds. The average molecular weight is 553 g/mol. The average Bonchev–Trinajstić information content (AvgIpc) is 2.90. The fraction of sp³-hybridized carbons (Fsp3) is 0.900. The van der Waals surface area contributed by atoms with Gasteiger partial charge in [-0.25, -0.2) is 10.3 Å². The van der Waals surface area contributed by atoms with Gasteiger partial charge in [-0.3, -0.25) is 24.8 Å². The summed E-state index contributed by atoms with van der Waals surface area (Å²) < 4.78 is 5.61. The molecule has 9 nitrogen and oxygen atoms in total. The molecule has 0 bridgehead atoms. The highest BCUT2D eigenvalue weighted by molar-refractivity contribution is 5.89. The second-order valence-corrected chi connectivity index (χ2v) is 12.6. The maximum atomic E-state index is 13.7. The van der Waals surface area contributed by atoms with E-state index in [1.807, 2.05) is 27.7 Å². The Labute approximate surface area is 236 Å². The zero-order valence-corrected chi connectivity index (χ0v) is 25.2. The van der Waals surface area contributed by atoms with E-state index >= 15 is 0 Å². The summed E-state index contributed by atoms with van der Waals surface area (Å²) in [5.74, 6) is -1.04. The molecule has 0 aromatic rings. The number of hydroxylamine groups is 1. The Kier molecular flexibility index (Phi) is 15.3. The largest absolute Gasteiger partial charge is 0.350 e. The molecule has 2 fully saturated rings. The lowest BCUT2D eigenvalue weighted by atomic mass is 9.80. The SMILES string of the molecule is CC(C)C[C@@H](C(=O)NN(CC(C)C)C(=O)[C@@H](C)N)C(CCCCC1CCCCC1)C(=O)NOC1CCCCO1. The molecule has 0 aromatic carbocycles. The smallest absolute Gasteiger partial charge is 0.257 e. The minimum atomic E-state index is -0.740. The Bertz CT molecular complexity index is 733. The van der Waals surface area contributed by atoms with Crippen molar-refractivity contribution >= 4 is 17.7 Å². The van der Waals surface area contributed by atoms with Crippen molar-refractivity contribution in [2.45, 2.75) is 130 Å². The number of carbonyl (C=O) groups is 3. The standard InChI is InChI=1S/C30H56N4O5/c1-21(2)19-26(28(35)32-34(20-22(3)4)30(37)23(5)31)25(16-10-9-15-24-13-7-6-8-14-24)29(36)33-39-27-17-11-12-18-38-27/h21-27H,6-20,31H2,1-5H3,(H,32,35)(H,33,36)/t23-,25?,26-,27?/m1/s1. The van der Waals surface area contributed by atoms with Gasteiger partial charge in [-0.1, -0.05) is 79.1 Å². The van der Waals surface area contributed by atoms with Crippen molar-refractivity contribution in [3.63, 3.8) is 0 Å². The summed E-state index contributed by atoms with van der Waals surface area (Å²) in [7, 11) is 0. The second-order valence-electron chi connectivity index (χ2n) is 12.6. The number of hydrogen-bond donors (Lipinski definition) is 3. The summed E-state index contributed by atoms with van der Waals surface area (Å²) in [6.45, 7) is 10.6. The number of carbonyl (C=O) groups excluding carboxylic acids is 3. The van der Waals surface area contributed by atoms with Gasteiger partial charge in [0.2, 0.25) is 11.8 Å². The molecule has 1 aliphatic heterocycles. The van der Waals surface area contributed by atoms with Gasteiger partial charge in [-0.2, -0.15) is 0 Å².